The molecule has 8 heteroatoms. The SMILES string of the molecule is Cc1cc(C(=O)NCc2ccncc2)nc(N2CCN(C=O)CC2)n1. The molecule has 1 aliphatic rings. The van der Waals surface area contributed by atoms with E-state index < -0.39 is 0 Å². The number of aryl methyl sites for hydroxylation is 1. The molecule has 0 radical (unpaired) electrons. The van der Waals surface area contributed by atoms with Crippen molar-refractivity contribution in [1.82, 2.24) is 25.2 Å². The molecule has 1 aliphatic heterocycles. The Morgan fingerprint density at radius 1 is 1.20 bits per heavy atom. The molecule has 0 unspecified atom stereocenters. The van der Waals surface area contributed by atoms with Crippen LogP contribution in [0.2, 0.25) is 0 Å². The van der Waals surface area contributed by atoms with Gasteiger partial charge in [0.2, 0.25) is 12.4 Å². The zero-order valence-electron chi connectivity index (χ0n) is 14.1. The lowest BCUT2D eigenvalue weighted by Gasteiger charge is -2.32. The van der Waals surface area contributed by atoms with Gasteiger partial charge in [-0.3, -0.25) is 14.6 Å². The Morgan fingerprint density at radius 3 is 2.60 bits per heavy atom. The van der Waals surface area contributed by atoms with Crippen molar-refractivity contribution < 1.29 is 9.59 Å². The van der Waals surface area contributed by atoms with Crippen molar-refractivity contribution in [1.29, 1.82) is 0 Å². The van der Waals surface area contributed by atoms with Gasteiger partial charge in [-0.25, -0.2) is 9.97 Å². The van der Waals surface area contributed by atoms with Crippen LogP contribution in [0.15, 0.2) is 30.6 Å². The summed E-state index contributed by atoms with van der Waals surface area (Å²) >= 11 is 0. The maximum Gasteiger partial charge on any atom is 0.270 e. The first-order valence-electron chi connectivity index (χ1n) is 8.13. The van der Waals surface area contributed by atoms with Crippen molar-refractivity contribution in [3.63, 3.8) is 0 Å². The molecule has 1 fully saturated rings. The van der Waals surface area contributed by atoms with Gasteiger partial charge in [0.25, 0.3) is 5.91 Å². The van der Waals surface area contributed by atoms with Gasteiger partial charge < -0.3 is 15.1 Å². The molecule has 0 aliphatic carbocycles. The highest BCUT2D eigenvalue weighted by Crippen LogP contribution is 2.13. The molecular formula is C17H20N6O2. The molecule has 1 saturated heterocycles. The maximum atomic E-state index is 12.4. The number of anilines is 1. The molecule has 130 valence electrons. The Labute approximate surface area is 145 Å². The summed E-state index contributed by atoms with van der Waals surface area (Å²) in [7, 11) is 0. The van der Waals surface area contributed by atoms with Crippen LogP contribution < -0.4 is 10.2 Å². The first kappa shape index (κ1) is 16.8. The molecule has 1 N–H and O–H groups in total. The largest absolute Gasteiger partial charge is 0.347 e. The fourth-order valence-electron chi connectivity index (χ4n) is 2.61. The van der Waals surface area contributed by atoms with Crippen molar-refractivity contribution in [2.24, 2.45) is 0 Å². The van der Waals surface area contributed by atoms with Crippen LogP contribution >= 0.6 is 0 Å². The van der Waals surface area contributed by atoms with Crippen LogP contribution in [-0.2, 0) is 11.3 Å². The van der Waals surface area contributed by atoms with Crippen molar-refractivity contribution in [3.05, 3.63) is 47.5 Å². The van der Waals surface area contributed by atoms with E-state index >= 15 is 0 Å². The van der Waals surface area contributed by atoms with Gasteiger partial charge in [-0.15, -0.1) is 0 Å². The first-order chi connectivity index (χ1) is 12.2. The number of rotatable bonds is 5. The predicted octanol–water partition coefficient (Wildman–Crippen LogP) is 0.388. The summed E-state index contributed by atoms with van der Waals surface area (Å²) < 4.78 is 0. The first-order valence-corrected chi connectivity index (χ1v) is 8.13. The van der Waals surface area contributed by atoms with E-state index in [4.69, 9.17) is 0 Å². The molecule has 0 spiro atoms. The number of carbonyl (C=O) groups is 2. The second-order valence-electron chi connectivity index (χ2n) is 5.86. The zero-order chi connectivity index (χ0) is 17.6. The minimum absolute atomic E-state index is 0.241. The molecule has 0 aromatic carbocycles. The average molecular weight is 340 g/mol. The van der Waals surface area contributed by atoms with Gasteiger partial charge >= 0.3 is 0 Å². The summed E-state index contributed by atoms with van der Waals surface area (Å²) in [4.78, 5) is 39.7. The number of hydrogen-bond acceptors (Lipinski definition) is 6. The summed E-state index contributed by atoms with van der Waals surface area (Å²) in [6, 6.07) is 5.37. The summed E-state index contributed by atoms with van der Waals surface area (Å²) in [5.41, 5.74) is 2.05. The normalized spacial score (nSPS) is 14.3. The van der Waals surface area contributed by atoms with Crippen LogP contribution in [0.5, 0.6) is 0 Å². The van der Waals surface area contributed by atoms with Crippen LogP contribution in [0.1, 0.15) is 21.7 Å². The Kier molecular flexibility index (Phi) is 5.17. The minimum atomic E-state index is -0.241. The molecule has 25 heavy (non-hydrogen) atoms. The third kappa shape index (κ3) is 4.28. The molecule has 3 heterocycles. The molecule has 3 rings (SSSR count). The molecule has 8 nitrogen and oxygen atoms in total. The minimum Gasteiger partial charge on any atom is -0.347 e. The number of hydrogen-bond donors (Lipinski definition) is 1. The second kappa shape index (κ2) is 7.69. The fourth-order valence-corrected chi connectivity index (χ4v) is 2.61. The Balaban J connectivity index is 1.68. The van der Waals surface area contributed by atoms with Gasteiger partial charge in [-0.1, -0.05) is 0 Å². The number of carbonyl (C=O) groups excluding carboxylic acids is 2. The zero-order valence-corrected chi connectivity index (χ0v) is 14.1. The lowest BCUT2D eigenvalue weighted by molar-refractivity contribution is -0.118. The average Bonchev–Trinajstić information content (AvgIpc) is 2.66. The Bertz CT molecular complexity index is 744. The molecular weight excluding hydrogens is 320 g/mol. The summed E-state index contributed by atoms with van der Waals surface area (Å²) in [6.45, 7) is 4.82. The summed E-state index contributed by atoms with van der Waals surface area (Å²) in [5, 5.41) is 2.86. The van der Waals surface area contributed by atoms with Crippen molar-refractivity contribution in [2.45, 2.75) is 13.5 Å². The van der Waals surface area contributed by atoms with Crippen LogP contribution in [-0.4, -0.2) is 58.3 Å². The van der Waals surface area contributed by atoms with Crippen molar-refractivity contribution in [2.75, 3.05) is 31.1 Å². The smallest absolute Gasteiger partial charge is 0.270 e. The van der Waals surface area contributed by atoms with Gasteiger partial charge in [0, 0.05) is 50.8 Å². The molecule has 2 aromatic rings. The van der Waals surface area contributed by atoms with Crippen LogP contribution in [0.25, 0.3) is 0 Å². The van der Waals surface area contributed by atoms with Gasteiger partial charge in [-0.2, -0.15) is 0 Å². The molecule has 2 amide bonds. The number of piperazine rings is 1. The van der Waals surface area contributed by atoms with Crippen molar-refractivity contribution in [3.8, 4) is 0 Å². The van der Waals surface area contributed by atoms with E-state index in [-0.39, 0.29) is 5.91 Å². The van der Waals surface area contributed by atoms with Crippen LogP contribution in [0, 0.1) is 6.92 Å². The molecule has 0 bridgehead atoms. The molecule has 0 atom stereocenters. The summed E-state index contributed by atoms with van der Waals surface area (Å²) in [6.07, 6.45) is 4.23. The number of pyridine rings is 1. The van der Waals surface area contributed by atoms with E-state index in [1.807, 2.05) is 24.0 Å². The van der Waals surface area contributed by atoms with Crippen LogP contribution in [0.4, 0.5) is 5.95 Å². The quantitative estimate of drug-likeness (QED) is 0.792. The van der Waals surface area contributed by atoms with Crippen molar-refractivity contribution >= 4 is 18.3 Å². The Hall–Kier alpha value is -3.03. The maximum absolute atomic E-state index is 12.4. The molecule has 0 saturated carbocycles. The number of nitrogens with one attached hydrogen (secondary N) is 1. The van der Waals surface area contributed by atoms with Gasteiger partial charge in [0.1, 0.15) is 5.69 Å². The third-order valence-corrected chi connectivity index (χ3v) is 4.02. The van der Waals surface area contributed by atoms with E-state index in [0.717, 1.165) is 17.7 Å². The highest BCUT2D eigenvalue weighted by molar-refractivity contribution is 5.92. The standard InChI is InChI=1S/C17H20N6O2/c1-13-10-15(16(25)19-11-14-2-4-18-5-3-14)21-17(20-13)23-8-6-22(12-24)7-9-23/h2-5,10,12H,6-9,11H2,1H3,(H,19,25). The van der Waals surface area contributed by atoms with E-state index in [1.165, 1.54) is 0 Å². The fraction of sp³-hybridized carbons (Fsp3) is 0.353. The number of nitrogens with zero attached hydrogens (tertiary/aromatic N) is 5. The Morgan fingerprint density at radius 2 is 1.92 bits per heavy atom. The summed E-state index contributed by atoms with van der Waals surface area (Å²) in [5.74, 6) is 0.287. The van der Waals surface area contributed by atoms with E-state index in [2.05, 4.69) is 20.3 Å². The van der Waals surface area contributed by atoms with Gasteiger partial charge in [0.05, 0.1) is 0 Å². The van der Waals surface area contributed by atoms with E-state index in [9.17, 15) is 9.59 Å². The highest BCUT2D eigenvalue weighted by atomic mass is 16.2. The lowest BCUT2D eigenvalue weighted by Crippen LogP contribution is -2.46. The highest BCUT2D eigenvalue weighted by Gasteiger charge is 2.19. The van der Waals surface area contributed by atoms with Crippen LogP contribution in [0.3, 0.4) is 0 Å². The number of amides is 2. The molecule has 2 aromatic heterocycles. The monoisotopic (exact) mass is 340 g/mol. The van der Waals surface area contributed by atoms with Gasteiger partial charge in [0.15, 0.2) is 0 Å². The number of aromatic nitrogens is 3. The van der Waals surface area contributed by atoms with Gasteiger partial charge in [-0.05, 0) is 30.7 Å². The predicted molar refractivity (Wildman–Crippen MR) is 92.0 cm³/mol. The second-order valence-corrected chi connectivity index (χ2v) is 5.86. The van der Waals surface area contributed by atoms with E-state index in [1.54, 1.807) is 23.4 Å². The lowest BCUT2D eigenvalue weighted by atomic mass is 10.2. The topological polar surface area (TPSA) is 91.3 Å². The third-order valence-electron chi connectivity index (χ3n) is 4.02. The van der Waals surface area contributed by atoms with E-state index in [0.29, 0.717) is 44.4 Å².